The summed E-state index contributed by atoms with van der Waals surface area (Å²) in [5, 5.41) is 2.43. The first-order valence-electron chi connectivity index (χ1n) is 11.3. The molecule has 0 N–H and O–H groups in total. The van der Waals surface area contributed by atoms with Crippen LogP contribution in [0.4, 0.5) is 0 Å². The van der Waals surface area contributed by atoms with Gasteiger partial charge in [-0.2, -0.15) is 0 Å². The van der Waals surface area contributed by atoms with Gasteiger partial charge in [-0.3, -0.25) is 0 Å². The smallest absolute Gasteiger partial charge is 0.355 e. The van der Waals surface area contributed by atoms with Crippen LogP contribution in [0.3, 0.4) is 0 Å². The lowest BCUT2D eigenvalue weighted by Crippen LogP contribution is -2.41. The van der Waals surface area contributed by atoms with Gasteiger partial charge in [-0.05, 0) is 36.1 Å². The van der Waals surface area contributed by atoms with Crippen molar-refractivity contribution < 1.29 is 17.7 Å². The number of unbranched alkanes of at least 4 members (excludes halogenated alkanes) is 4. The lowest BCUT2D eigenvalue weighted by molar-refractivity contribution is 0.201. The Labute approximate surface area is 176 Å². The molecule has 0 saturated carbocycles. The fourth-order valence-corrected chi connectivity index (χ4v) is 6.13. The Morgan fingerprint density at radius 1 is 0.500 bits per heavy atom. The fourth-order valence-electron chi connectivity index (χ4n) is 2.63. The Morgan fingerprint density at radius 3 is 0.964 bits per heavy atom. The first kappa shape index (κ1) is 25.5. The van der Waals surface area contributed by atoms with Crippen LogP contribution in [0.2, 0.25) is 0 Å². The van der Waals surface area contributed by atoms with E-state index in [0.717, 1.165) is 77.8 Å². The zero-order valence-corrected chi connectivity index (χ0v) is 20.9. The highest BCUT2D eigenvalue weighted by Crippen LogP contribution is 2.02. The standard InChI is InChI=1S/C22H42O4Si2/c1-5-9-17-23-27(24-18-10-6-2)21-13-15-22(16-14-21)28(25-19-11-7-3)26-20-12-8-4/h13-16,27-28H,5-12,17-20H2,1-4H3. The quantitative estimate of drug-likeness (QED) is 0.264. The zero-order chi connectivity index (χ0) is 20.5. The third-order valence-corrected chi connectivity index (χ3v) is 8.56. The van der Waals surface area contributed by atoms with Crippen molar-refractivity contribution in [1.82, 2.24) is 0 Å². The van der Waals surface area contributed by atoms with E-state index in [2.05, 4.69) is 52.0 Å². The molecular formula is C22H42O4Si2. The largest absolute Gasteiger partial charge is 0.393 e. The summed E-state index contributed by atoms with van der Waals surface area (Å²) in [4.78, 5) is 0. The van der Waals surface area contributed by atoms with Gasteiger partial charge in [0.2, 0.25) is 0 Å². The van der Waals surface area contributed by atoms with E-state index in [4.69, 9.17) is 17.7 Å². The SMILES string of the molecule is CCCCO[SiH](OCCCC)c1ccc([SiH](OCCCC)OCCCC)cc1. The van der Waals surface area contributed by atoms with Crippen LogP contribution in [0.15, 0.2) is 24.3 Å². The van der Waals surface area contributed by atoms with Crippen molar-refractivity contribution in [3.8, 4) is 0 Å². The average molecular weight is 427 g/mol. The van der Waals surface area contributed by atoms with Crippen LogP contribution in [0.25, 0.3) is 0 Å². The van der Waals surface area contributed by atoms with Crippen molar-refractivity contribution in [3.05, 3.63) is 24.3 Å². The van der Waals surface area contributed by atoms with Crippen LogP contribution in [0, 0.1) is 0 Å². The van der Waals surface area contributed by atoms with Crippen molar-refractivity contribution >= 4 is 28.9 Å². The summed E-state index contributed by atoms with van der Waals surface area (Å²) in [5.41, 5.74) is 0. The van der Waals surface area contributed by atoms with Gasteiger partial charge in [-0.1, -0.05) is 77.6 Å². The molecule has 0 aliphatic heterocycles. The van der Waals surface area contributed by atoms with Gasteiger partial charge < -0.3 is 17.7 Å². The Hall–Kier alpha value is -0.506. The maximum absolute atomic E-state index is 6.14. The van der Waals surface area contributed by atoms with E-state index in [9.17, 15) is 0 Å². The molecule has 0 atom stereocenters. The normalized spacial score (nSPS) is 11.6. The Kier molecular flexibility index (Phi) is 15.8. The molecule has 0 bridgehead atoms. The Morgan fingerprint density at radius 2 is 0.750 bits per heavy atom. The fraction of sp³-hybridized carbons (Fsp3) is 0.727. The van der Waals surface area contributed by atoms with Crippen LogP contribution in [-0.2, 0) is 17.7 Å². The molecule has 4 nitrogen and oxygen atoms in total. The van der Waals surface area contributed by atoms with Crippen LogP contribution in [0.1, 0.15) is 79.1 Å². The van der Waals surface area contributed by atoms with E-state index in [1.165, 1.54) is 10.4 Å². The molecule has 0 heterocycles. The number of hydrogen-bond acceptors (Lipinski definition) is 4. The van der Waals surface area contributed by atoms with Crippen LogP contribution < -0.4 is 10.4 Å². The van der Waals surface area contributed by atoms with Crippen molar-refractivity contribution in [2.75, 3.05) is 26.4 Å². The average Bonchev–Trinajstić information content (AvgIpc) is 2.72. The van der Waals surface area contributed by atoms with E-state index in [1.807, 2.05) is 0 Å². The Bertz CT molecular complexity index is 407. The third kappa shape index (κ3) is 10.9. The van der Waals surface area contributed by atoms with E-state index in [-0.39, 0.29) is 0 Å². The first-order chi connectivity index (χ1) is 13.8. The summed E-state index contributed by atoms with van der Waals surface area (Å²) >= 11 is 0. The predicted octanol–water partition coefficient (Wildman–Crippen LogP) is 3.81. The number of hydrogen-bond donors (Lipinski definition) is 0. The molecule has 0 radical (unpaired) electrons. The van der Waals surface area contributed by atoms with Gasteiger partial charge in [0.25, 0.3) is 0 Å². The second kappa shape index (κ2) is 17.4. The molecule has 28 heavy (non-hydrogen) atoms. The van der Waals surface area contributed by atoms with Gasteiger partial charge >= 0.3 is 18.6 Å². The summed E-state index contributed by atoms with van der Waals surface area (Å²) < 4.78 is 24.6. The minimum absolute atomic E-state index is 0.791. The maximum Gasteiger partial charge on any atom is 0.355 e. The predicted molar refractivity (Wildman–Crippen MR) is 123 cm³/mol. The highest BCUT2D eigenvalue weighted by molar-refractivity contribution is 6.63. The minimum Gasteiger partial charge on any atom is -0.393 e. The van der Waals surface area contributed by atoms with Gasteiger partial charge in [0.1, 0.15) is 0 Å². The second-order valence-corrected chi connectivity index (χ2v) is 11.2. The highest BCUT2D eigenvalue weighted by Gasteiger charge is 2.20. The number of rotatable bonds is 18. The molecule has 0 saturated heterocycles. The first-order valence-corrected chi connectivity index (χ1v) is 14.4. The molecule has 0 spiro atoms. The lowest BCUT2D eigenvalue weighted by atomic mass is 10.4. The van der Waals surface area contributed by atoms with E-state index in [1.54, 1.807) is 0 Å². The van der Waals surface area contributed by atoms with Gasteiger partial charge in [0, 0.05) is 26.4 Å². The number of benzene rings is 1. The molecule has 0 fully saturated rings. The van der Waals surface area contributed by atoms with E-state index < -0.39 is 18.6 Å². The topological polar surface area (TPSA) is 36.9 Å². The summed E-state index contributed by atoms with van der Waals surface area (Å²) in [6.07, 6.45) is 8.93. The molecule has 0 aromatic heterocycles. The van der Waals surface area contributed by atoms with Crippen molar-refractivity contribution in [3.63, 3.8) is 0 Å². The van der Waals surface area contributed by atoms with Gasteiger partial charge in [0.15, 0.2) is 0 Å². The highest BCUT2D eigenvalue weighted by atomic mass is 28.3. The maximum atomic E-state index is 6.14. The summed E-state index contributed by atoms with van der Waals surface area (Å²) in [5.74, 6) is 0. The molecule has 6 heteroatoms. The van der Waals surface area contributed by atoms with Crippen LogP contribution in [-0.4, -0.2) is 45.0 Å². The molecule has 0 amide bonds. The minimum atomic E-state index is -1.83. The zero-order valence-electron chi connectivity index (χ0n) is 18.6. The van der Waals surface area contributed by atoms with Crippen molar-refractivity contribution in [1.29, 1.82) is 0 Å². The molecule has 162 valence electrons. The third-order valence-electron chi connectivity index (χ3n) is 4.55. The Balaban J connectivity index is 2.75. The van der Waals surface area contributed by atoms with Crippen LogP contribution >= 0.6 is 0 Å². The molecular weight excluding hydrogens is 384 g/mol. The second-order valence-electron chi connectivity index (χ2n) is 7.23. The lowest BCUT2D eigenvalue weighted by Gasteiger charge is -2.19. The van der Waals surface area contributed by atoms with Crippen LogP contribution in [0.5, 0.6) is 0 Å². The van der Waals surface area contributed by atoms with Gasteiger partial charge in [0.05, 0.1) is 0 Å². The molecule has 1 aromatic rings. The molecule has 0 unspecified atom stereocenters. The molecule has 1 aromatic carbocycles. The molecule has 1 rings (SSSR count). The summed E-state index contributed by atoms with van der Waals surface area (Å²) in [6.45, 7) is 11.9. The van der Waals surface area contributed by atoms with Crippen molar-refractivity contribution in [2.45, 2.75) is 79.1 Å². The van der Waals surface area contributed by atoms with Gasteiger partial charge in [-0.15, -0.1) is 0 Å². The van der Waals surface area contributed by atoms with E-state index in [0.29, 0.717) is 0 Å². The van der Waals surface area contributed by atoms with Gasteiger partial charge in [-0.25, -0.2) is 0 Å². The van der Waals surface area contributed by atoms with E-state index >= 15 is 0 Å². The summed E-state index contributed by atoms with van der Waals surface area (Å²) in [7, 11) is -3.66. The summed E-state index contributed by atoms with van der Waals surface area (Å²) in [6, 6.07) is 8.71. The monoisotopic (exact) mass is 426 g/mol. The molecule has 0 aliphatic carbocycles. The van der Waals surface area contributed by atoms with Crippen molar-refractivity contribution in [2.24, 2.45) is 0 Å². The molecule has 0 aliphatic rings.